The predicted molar refractivity (Wildman–Crippen MR) is 58.6 cm³/mol. The fourth-order valence-electron chi connectivity index (χ4n) is 1.61. The maximum atomic E-state index is 11.6. The number of hydrogen-bond acceptors (Lipinski definition) is 5. The first kappa shape index (κ1) is 11.0. The van der Waals surface area contributed by atoms with Gasteiger partial charge in [0, 0.05) is 18.3 Å². The smallest absolute Gasteiger partial charge is 0.355 e. The van der Waals surface area contributed by atoms with E-state index in [-0.39, 0.29) is 17.5 Å². The lowest BCUT2D eigenvalue weighted by Gasteiger charge is -2.11. The van der Waals surface area contributed by atoms with Crippen LogP contribution in [0.3, 0.4) is 0 Å². The molecule has 0 aliphatic carbocycles. The van der Waals surface area contributed by atoms with Crippen molar-refractivity contribution in [1.29, 1.82) is 0 Å². The lowest BCUT2D eigenvalue weighted by atomic mass is 10.1. The van der Waals surface area contributed by atoms with Crippen molar-refractivity contribution < 1.29 is 14.7 Å². The van der Waals surface area contributed by atoms with Gasteiger partial charge in [-0.05, 0) is 12.5 Å². The van der Waals surface area contributed by atoms with E-state index in [0.29, 0.717) is 24.6 Å². The summed E-state index contributed by atoms with van der Waals surface area (Å²) in [6.07, 6.45) is 0.415. The van der Waals surface area contributed by atoms with Crippen LogP contribution in [0, 0.1) is 5.92 Å². The SMILES string of the molecule is NCC1CC(=O)N(c2nc(C(=O)O)cs2)C1. The van der Waals surface area contributed by atoms with E-state index in [4.69, 9.17) is 10.8 Å². The van der Waals surface area contributed by atoms with Crippen molar-refractivity contribution in [3.05, 3.63) is 11.1 Å². The number of aromatic nitrogens is 1. The molecule has 0 spiro atoms. The zero-order valence-electron chi connectivity index (χ0n) is 8.42. The summed E-state index contributed by atoms with van der Waals surface area (Å²) in [6.45, 7) is 0.987. The van der Waals surface area contributed by atoms with Gasteiger partial charge in [-0.25, -0.2) is 9.78 Å². The van der Waals surface area contributed by atoms with E-state index in [2.05, 4.69) is 4.98 Å². The monoisotopic (exact) mass is 241 g/mol. The van der Waals surface area contributed by atoms with Crippen LogP contribution in [-0.4, -0.2) is 35.1 Å². The number of thiazole rings is 1. The van der Waals surface area contributed by atoms with Crippen LogP contribution in [0.15, 0.2) is 5.38 Å². The zero-order valence-corrected chi connectivity index (χ0v) is 9.24. The second-order valence-electron chi connectivity index (χ2n) is 3.63. The van der Waals surface area contributed by atoms with E-state index in [1.54, 1.807) is 0 Å². The van der Waals surface area contributed by atoms with Crippen molar-refractivity contribution in [2.24, 2.45) is 11.7 Å². The highest BCUT2D eigenvalue weighted by Gasteiger charge is 2.31. The molecular formula is C9H11N3O3S. The van der Waals surface area contributed by atoms with Crippen LogP contribution in [-0.2, 0) is 4.79 Å². The highest BCUT2D eigenvalue weighted by Crippen LogP contribution is 2.27. The minimum Gasteiger partial charge on any atom is -0.476 e. The van der Waals surface area contributed by atoms with Crippen LogP contribution in [0.1, 0.15) is 16.9 Å². The van der Waals surface area contributed by atoms with Gasteiger partial charge in [-0.3, -0.25) is 9.69 Å². The van der Waals surface area contributed by atoms with E-state index in [0.717, 1.165) is 11.3 Å². The average Bonchev–Trinajstić information content (AvgIpc) is 2.83. The molecule has 7 heteroatoms. The maximum absolute atomic E-state index is 11.6. The van der Waals surface area contributed by atoms with Gasteiger partial charge in [-0.2, -0.15) is 0 Å². The summed E-state index contributed by atoms with van der Waals surface area (Å²) in [6, 6.07) is 0. The fraction of sp³-hybridized carbons (Fsp3) is 0.444. The molecule has 1 atom stereocenters. The summed E-state index contributed by atoms with van der Waals surface area (Å²) in [4.78, 5) is 27.7. The standard InChI is InChI=1S/C9H11N3O3S/c10-2-5-1-7(13)12(3-5)9-11-6(4-16-9)8(14)15/h4-5H,1-3,10H2,(H,14,15). The molecule has 2 rings (SSSR count). The number of rotatable bonds is 3. The molecule has 1 saturated heterocycles. The average molecular weight is 241 g/mol. The van der Waals surface area contributed by atoms with Gasteiger partial charge < -0.3 is 10.8 Å². The number of anilines is 1. The summed E-state index contributed by atoms with van der Waals surface area (Å²) in [5.41, 5.74) is 5.48. The molecule has 16 heavy (non-hydrogen) atoms. The molecule has 0 aromatic carbocycles. The third-order valence-electron chi connectivity index (χ3n) is 2.48. The molecule has 1 unspecified atom stereocenters. The predicted octanol–water partition coefficient (Wildman–Crippen LogP) is 0.153. The Balaban J connectivity index is 2.18. The lowest BCUT2D eigenvalue weighted by Crippen LogP contribution is -2.25. The Kier molecular flexibility index (Phi) is 2.88. The molecule has 3 N–H and O–H groups in total. The number of carbonyl (C=O) groups is 2. The van der Waals surface area contributed by atoms with E-state index >= 15 is 0 Å². The highest BCUT2D eigenvalue weighted by molar-refractivity contribution is 7.14. The second kappa shape index (κ2) is 4.18. The largest absolute Gasteiger partial charge is 0.476 e. The van der Waals surface area contributed by atoms with Gasteiger partial charge in [0.25, 0.3) is 0 Å². The van der Waals surface area contributed by atoms with E-state index < -0.39 is 5.97 Å². The van der Waals surface area contributed by atoms with E-state index in [9.17, 15) is 9.59 Å². The first-order valence-electron chi connectivity index (χ1n) is 4.81. The molecule has 2 heterocycles. The molecule has 1 fully saturated rings. The van der Waals surface area contributed by atoms with Crippen LogP contribution in [0.25, 0.3) is 0 Å². The number of nitrogens with zero attached hydrogens (tertiary/aromatic N) is 2. The van der Waals surface area contributed by atoms with Gasteiger partial charge in [0.2, 0.25) is 5.91 Å². The molecular weight excluding hydrogens is 230 g/mol. The van der Waals surface area contributed by atoms with Gasteiger partial charge in [0.05, 0.1) is 0 Å². The van der Waals surface area contributed by atoms with Crippen molar-refractivity contribution in [2.75, 3.05) is 18.0 Å². The van der Waals surface area contributed by atoms with E-state index in [1.807, 2.05) is 0 Å². The number of nitrogens with two attached hydrogens (primary N) is 1. The van der Waals surface area contributed by atoms with E-state index in [1.165, 1.54) is 10.3 Å². The van der Waals surface area contributed by atoms with Crippen LogP contribution in [0.2, 0.25) is 0 Å². The Bertz CT molecular complexity index is 431. The van der Waals surface area contributed by atoms with Crippen molar-refractivity contribution in [3.8, 4) is 0 Å². The lowest BCUT2D eigenvalue weighted by molar-refractivity contribution is -0.117. The first-order chi connectivity index (χ1) is 7.61. The van der Waals surface area contributed by atoms with Crippen LogP contribution >= 0.6 is 11.3 Å². The Morgan fingerprint density at radius 3 is 3.00 bits per heavy atom. The summed E-state index contributed by atoms with van der Waals surface area (Å²) < 4.78 is 0. The quantitative estimate of drug-likeness (QED) is 0.785. The number of amides is 1. The topological polar surface area (TPSA) is 96.5 Å². The molecule has 6 nitrogen and oxygen atoms in total. The number of aromatic carboxylic acids is 1. The minimum absolute atomic E-state index is 0.0241. The van der Waals surface area contributed by atoms with Crippen molar-refractivity contribution in [2.45, 2.75) is 6.42 Å². The Morgan fingerprint density at radius 2 is 2.50 bits per heavy atom. The van der Waals surface area contributed by atoms with Crippen molar-refractivity contribution in [3.63, 3.8) is 0 Å². The molecule has 1 aliphatic heterocycles. The van der Waals surface area contributed by atoms with Crippen LogP contribution in [0.5, 0.6) is 0 Å². The number of hydrogen-bond donors (Lipinski definition) is 2. The number of carboxylic acids is 1. The molecule has 1 aromatic heterocycles. The molecule has 1 aromatic rings. The van der Waals surface area contributed by atoms with Crippen LogP contribution in [0.4, 0.5) is 5.13 Å². The van der Waals surface area contributed by atoms with Gasteiger partial charge >= 0.3 is 5.97 Å². The summed E-state index contributed by atoms with van der Waals surface area (Å²) >= 11 is 1.16. The summed E-state index contributed by atoms with van der Waals surface area (Å²) in [5, 5.41) is 10.6. The molecule has 1 aliphatic rings. The highest BCUT2D eigenvalue weighted by atomic mass is 32.1. The molecule has 0 radical (unpaired) electrons. The number of carboxylic acid groups (broad SMARTS) is 1. The third-order valence-corrected chi connectivity index (χ3v) is 3.34. The van der Waals surface area contributed by atoms with Gasteiger partial charge in [-0.1, -0.05) is 0 Å². The van der Waals surface area contributed by atoms with Crippen molar-refractivity contribution >= 4 is 28.3 Å². The Labute approximate surface area is 95.7 Å². The van der Waals surface area contributed by atoms with Gasteiger partial charge in [0.1, 0.15) is 0 Å². The van der Waals surface area contributed by atoms with Crippen molar-refractivity contribution in [1.82, 2.24) is 4.98 Å². The normalized spacial score (nSPS) is 20.4. The zero-order chi connectivity index (χ0) is 11.7. The Morgan fingerprint density at radius 1 is 1.75 bits per heavy atom. The fourth-order valence-corrected chi connectivity index (χ4v) is 2.44. The molecule has 86 valence electrons. The second-order valence-corrected chi connectivity index (χ2v) is 4.47. The first-order valence-corrected chi connectivity index (χ1v) is 5.69. The summed E-state index contributed by atoms with van der Waals surface area (Å²) in [5.74, 6) is -0.976. The Hall–Kier alpha value is -1.47. The minimum atomic E-state index is -1.08. The maximum Gasteiger partial charge on any atom is 0.355 e. The van der Waals surface area contributed by atoms with Gasteiger partial charge in [-0.15, -0.1) is 11.3 Å². The molecule has 1 amide bonds. The summed E-state index contributed by atoms with van der Waals surface area (Å²) in [7, 11) is 0. The molecule has 0 bridgehead atoms. The third kappa shape index (κ3) is 1.91. The van der Waals surface area contributed by atoms with Crippen LogP contribution < -0.4 is 10.6 Å². The molecule has 0 saturated carbocycles. The van der Waals surface area contributed by atoms with Gasteiger partial charge in [0.15, 0.2) is 10.8 Å². The number of carbonyl (C=O) groups excluding carboxylic acids is 1.